The van der Waals surface area contributed by atoms with Gasteiger partial charge in [0.2, 0.25) is 0 Å². The van der Waals surface area contributed by atoms with Crippen LogP contribution in [0.2, 0.25) is 0 Å². The largest absolute Gasteiger partial charge is 0.514 e. The summed E-state index contributed by atoms with van der Waals surface area (Å²) >= 11 is 4.88. The van der Waals surface area contributed by atoms with Crippen molar-refractivity contribution in [2.75, 3.05) is 0 Å². The molecule has 1 aromatic heterocycles. The molecule has 0 aliphatic carbocycles. The lowest BCUT2D eigenvalue weighted by Gasteiger charge is -1.98. The molecule has 0 spiro atoms. The molecule has 0 radical (unpaired) electrons. The summed E-state index contributed by atoms with van der Waals surface area (Å²) in [5.74, 6) is 0. The third-order valence-electron chi connectivity index (χ3n) is 2.13. The molecule has 0 saturated carbocycles. The zero-order valence-corrected chi connectivity index (χ0v) is 11.0. The van der Waals surface area contributed by atoms with Gasteiger partial charge in [-0.15, -0.1) is 11.3 Å². The number of allylic oxidation sites excluding steroid dienone is 1. The monoisotopic (exact) mass is 306 g/mol. The third kappa shape index (κ3) is 2.38. The van der Waals surface area contributed by atoms with Gasteiger partial charge in [0.05, 0.1) is 12.0 Å². The lowest BCUT2D eigenvalue weighted by molar-refractivity contribution is 0.476. The molecule has 2 aromatic rings. The number of aromatic nitrogens is 1. The average molecular weight is 307 g/mol. The van der Waals surface area contributed by atoms with Crippen molar-refractivity contribution in [3.05, 3.63) is 46.1 Å². The zero-order valence-electron chi connectivity index (χ0n) is 8.59. The molecule has 84 valence electrons. The maximum atomic E-state index is 8.88. The van der Waals surface area contributed by atoms with Gasteiger partial charge in [0.25, 0.3) is 0 Å². The zero-order chi connectivity index (χ0) is 12.3. The molecular weight excluding hydrogens is 300 g/mol. The molecular formula is C12H7BrN2OS. The molecule has 1 aromatic carbocycles. The van der Waals surface area contributed by atoms with Gasteiger partial charge >= 0.3 is 0 Å². The van der Waals surface area contributed by atoms with Crippen molar-refractivity contribution in [3.63, 3.8) is 0 Å². The van der Waals surface area contributed by atoms with Crippen molar-refractivity contribution in [3.8, 4) is 16.6 Å². The van der Waals surface area contributed by atoms with E-state index < -0.39 is 0 Å². The quantitative estimate of drug-likeness (QED) is 0.674. The minimum Gasteiger partial charge on any atom is -0.514 e. The van der Waals surface area contributed by atoms with Crippen LogP contribution in [0.1, 0.15) is 5.69 Å². The molecule has 0 aliphatic rings. The lowest BCUT2D eigenvalue weighted by Crippen LogP contribution is -1.83. The maximum absolute atomic E-state index is 8.88. The highest BCUT2D eigenvalue weighted by Gasteiger charge is 2.10. The Labute approximate surface area is 111 Å². The standard InChI is InChI=1S/C12H7BrN2OS/c13-10-4-2-1-3-9(10)12-15-11(7-17-12)8(5-14)6-16/h1-4,6-7,16H/b8-6-. The second kappa shape index (κ2) is 5.13. The van der Waals surface area contributed by atoms with E-state index in [1.54, 1.807) is 5.38 Å². The third-order valence-corrected chi connectivity index (χ3v) is 3.70. The van der Waals surface area contributed by atoms with Crippen LogP contribution in [-0.2, 0) is 0 Å². The summed E-state index contributed by atoms with van der Waals surface area (Å²) in [5.41, 5.74) is 1.63. The SMILES string of the molecule is N#C/C(=C/O)c1csc(-c2ccccc2Br)n1. The number of thiazole rings is 1. The number of halogens is 1. The van der Waals surface area contributed by atoms with E-state index in [1.807, 2.05) is 30.3 Å². The predicted molar refractivity (Wildman–Crippen MR) is 71.5 cm³/mol. The number of nitrogens with zero attached hydrogens (tertiary/aromatic N) is 2. The number of benzene rings is 1. The summed E-state index contributed by atoms with van der Waals surface area (Å²) in [6.45, 7) is 0. The summed E-state index contributed by atoms with van der Waals surface area (Å²) in [5, 5.41) is 20.2. The van der Waals surface area contributed by atoms with E-state index in [0.717, 1.165) is 21.3 Å². The van der Waals surface area contributed by atoms with Crippen LogP contribution < -0.4 is 0 Å². The van der Waals surface area contributed by atoms with Crippen LogP contribution in [0.3, 0.4) is 0 Å². The van der Waals surface area contributed by atoms with Gasteiger partial charge in [-0.3, -0.25) is 0 Å². The van der Waals surface area contributed by atoms with E-state index in [1.165, 1.54) is 11.3 Å². The van der Waals surface area contributed by atoms with Crippen LogP contribution in [0.4, 0.5) is 0 Å². The predicted octanol–water partition coefficient (Wildman–Crippen LogP) is 4.00. The molecule has 1 heterocycles. The summed E-state index contributed by atoms with van der Waals surface area (Å²) in [6, 6.07) is 9.62. The van der Waals surface area contributed by atoms with Gasteiger partial charge in [-0.1, -0.05) is 34.1 Å². The van der Waals surface area contributed by atoms with Crippen LogP contribution >= 0.6 is 27.3 Å². The fourth-order valence-electron chi connectivity index (χ4n) is 1.31. The van der Waals surface area contributed by atoms with E-state index in [-0.39, 0.29) is 5.57 Å². The summed E-state index contributed by atoms with van der Waals surface area (Å²) in [6.07, 6.45) is 0.777. The van der Waals surface area contributed by atoms with E-state index in [9.17, 15) is 0 Å². The van der Waals surface area contributed by atoms with E-state index >= 15 is 0 Å². The van der Waals surface area contributed by atoms with Gasteiger partial charge in [-0.25, -0.2) is 4.98 Å². The second-order valence-electron chi connectivity index (χ2n) is 3.17. The number of rotatable bonds is 2. The summed E-state index contributed by atoms with van der Waals surface area (Å²) < 4.78 is 0.951. The molecule has 0 aliphatic heterocycles. The topological polar surface area (TPSA) is 56.9 Å². The molecule has 0 unspecified atom stereocenters. The maximum Gasteiger partial charge on any atom is 0.125 e. The average Bonchev–Trinajstić information content (AvgIpc) is 2.81. The van der Waals surface area contributed by atoms with E-state index in [0.29, 0.717) is 5.69 Å². The Hall–Kier alpha value is -1.64. The number of aliphatic hydroxyl groups excluding tert-OH is 1. The first kappa shape index (κ1) is 11.8. The van der Waals surface area contributed by atoms with Crippen molar-refractivity contribution in [2.45, 2.75) is 0 Å². The minimum atomic E-state index is 0.166. The first-order valence-electron chi connectivity index (χ1n) is 4.71. The number of hydrogen-bond donors (Lipinski definition) is 1. The fourth-order valence-corrected chi connectivity index (χ4v) is 2.77. The van der Waals surface area contributed by atoms with Crippen LogP contribution in [-0.4, -0.2) is 10.1 Å². The van der Waals surface area contributed by atoms with Gasteiger partial charge in [0.1, 0.15) is 16.6 Å². The van der Waals surface area contributed by atoms with Crippen molar-refractivity contribution < 1.29 is 5.11 Å². The molecule has 0 fully saturated rings. The molecule has 0 atom stereocenters. The smallest absolute Gasteiger partial charge is 0.125 e. The molecule has 0 amide bonds. The van der Waals surface area contributed by atoms with Gasteiger partial charge in [-0.2, -0.15) is 5.26 Å². The number of nitriles is 1. The van der Waals surface area contributed by atoms with Crippen molar-refractivity contribution in [1.82, 2.24) is 4.98 Å². The van der Waals surface area contributed by atoms with Crippen molar-refractivity contribution >= 4 is 32.8 Å². The van der Waals surface area contributed by atoms with Crippen LogP contribution in [0, 0.1) is 11.3 Å². The Morgan fingerprint density at radius 2 is 2.24 bits per heavy atom. The highest BCUT2D eigenvalue weighted by atomic mass is 79.9. The highest BCUT2D eigenvalue weighted by molar-refractivity contribution is 9.10. The first-order valence-corrected chi connectivity index (χ1v) is 6.39. The molecule has 5 heteroatoms. The normalized spacial score (nSPS) is 11.2. The lowest BCUT2D eigenvalue weighted by atomic mass is 10.2. The molecule has 3 nitrogen and oxygen atoms in total. The van der Waals surface area contributed by atoms with Gasteiger partial charge in [0, 0.05) is 15.4 Å². The Morgan fingerprint density at radius 1 is 1.47 bits per heavy atom. The molecule has 0 saturated heterocycles. The minimum absolute atomic E-state index is 0.166. The van der Waals surface area contributed by atoms with Crippen molar-refractivity contribution in [2.24, 2.45) is 0 Å². The first-order chi connectivity index (χ1) is 8.26. The summed E-state index contributed by atoms with van der Waals surface area (Å²) in [7, 11) is 0. The summed E-state index contributed by atoms with van der Waals surface area (Å²) in [4.78, 5) is 4.32. The fraction of sp³-hybridized carbons (Fsp3) is 0. The molecule has 0 bridgehead atoms. The Bertz CT molecular complexity index is 613. The van der Waals surface area contributed by atoms with Gasteiger partial charge in [0.15, 0.2) is 0 Å². The van der Waals surface area contributed by atoms with Gasteiger partial charge in [-0.05, 0) is 6.07 Å². The van der Waals surface area contributed by atoms with Crippen molar-refractivity contribution in [1.29, 1.82) is 5.26 Å². The highest BCUT2D eigenvalue weighted by Crippen LogP contribution is 2.31. The number of aliphatic hydroxyl groups is 1. The number of hydrogen-bond acceptors (Lipinski definition) is 4. The van der Waals surface area contributed by atoms with Crippen LogP contribution in [0.15, 0.2) is 40.4 Å². The van der Waals surface area contributed by atoms with Gasteiger partial charge < -0.3 is 5.11 Å². The molecule has 2 rings (SSSR count). The van der Waals surface area contributed by atoms with Crippen LogP contribution in [0.25, 0.3) is 16.1 Å². The molecule has 1 N–H and O–H groups in total. The molecule has 17 heavy (non-hydrogen) atoms. The van der Waals surface area contributed by atoms with E-state index in [2.05, 4.69) is 20.9 Å². The Kier molecular flexibility index (Phi) is 3.57. The Morgan fingerprint density at radius 3 is 2.88 bits per heavy atom. The van der Waals surface area contributed by atoms with Crippen LogP contribution in [0.5, 0.6) is 0 Å². The van der Waals surface area contributed by atoms with E-state index in [4.69, 9.17) is 10.4 Å². The second-order valence-corrected chi connectivity index (χ2v) is 4.88. The Balaban J connectivity index is 2.44.